The van der Waals surface area contributed by atoms with Gasteiger partial charge in [0.2, 0.25) is 5.95 Å². The van der Waals surface area contributed by atoms with Gasteiger partial charge >= 0.3 is 12.1 Å². The van der Waals surface area contributed by atoms with Crippen molar-refractivity contribution in [3.05, 3.63) is 11.4 Å². The average Bonchev–Trinajstić information content (AvgIpc) is 3.10. The van der Waals surface area contributed by atoms with E-state index in [1.54, 1.807) is 23.3 Å². The van der Waals surface area contributed by atoms with Crippen molar-refractivity contribution in [3.63, 3.8) is 0 Å². The molecule has 0 bridgehead atoms. The zero-order valence-corrected chi connectivity index (χ0v) is 19.4. The number of esters is 1. The molecule has 1 fully saturated rings. The van der Waals surface area contributed by atoms with Crippen LogP contribution < -0.4 is 9.62 Å². The summed E-state index contributed by atoms with van der Waals surface area (Å²) in [6, 6.07) is 0. The second kappa shape index (κ2) is 10.4. The third-order valence-corrected chi connectivity index (χ3v) is 4.56. The Morgan fingerprint density at radius 1 is 1.19 bits per heavy atom. The monoisotopic (exact) mass is 451 g/mol. The van der Waals surface area contributed by atoms with E-state index in [4.69, 9.17) is 9.47 Å². The van der Waals surface area contributed by atoms with Crippen LogP contribution in [0, 0.1) is 11.8 Å². The van der Waals surface area contributed by atoms with Crippen LogP contribution in [0.25, 0.3) is 0 Å². The average molecular weight is 452 g/mol. The molecule has 2 heterocycles. The molecule has 1 aliphatic heterocycles. The maximum Gasteiger partial charge on any atom is 0.410 e. The van der Waals surface area contributed by atoms with Gasteiger partial charge in [-0.25, -0.2) is 14.6 Å². The maximum atomic E-state index is 12.6. The lowest BCUT2D eigenvalue weighted by Crippen LogP contribution is -2.50. The maximum absolute atomic E-state index is 12.6. The summed E-state index contributed by atoms with van der Waals surface area (Å²) in [7, 11) is 0. The summed E-state index contributed by atoms with van der Waals surface area (Å²) >= 11 is 3.80. The minimum atomic E-state index is -0.668. The van der Waals surface area contributed by atoms with Gasteiger partial charge < -0.3 is 19.3 Å². The molecule has 11 heteroatoms. The molecule has 0 aromatic carbocycles. The van der Waals surface area contributed by atoms with E-state index in [1.165, 1.54) is 0 Å². The summed E-state index contributed by atoms with van der Waals surface area (Å²) in [5.41, 5.74) is -0.649. The fourth-order valence-electron chi connectivity index (χ4n) is 3.02. The van der Waals surface area contributed by atoms with Crippen molar-refractivity contribution in [2.45, 2.75) is 46.8 Å². The standard InChI is InChI=1S/C20H29N5O5S/c1-6-8-9-25-15(17(27)29-7-2)14(16(26)22-31)21-18(25)23-10-12-24(13-11-23)19(28)30-20(3,4)5/h31H,7,9-13H2,1-5H3,(H,22,26). The van der Waals surface area contributed by atoms with Crippen LogP contribution in [0.15, 0.2) is 0 Å². The predicted octanol–water partition coefficient (Wildman–Crippen LogP) is 1.71. The molecule has 1 aliphatic rings. The number of thiol groups is 1. The van der Waals surface area contributed by atoms with Crippen LogP contribution in [0.4, 0.5) is 10.7 Å². The normalized spacial score (nSPS) is 13.9. The fraction of sp³-hybridized carbons (Fsp3) is 0.600. The van der Waals surface area contributed by atoms with E-state index in [-0.39, 0.29) is 30.6 Å². The molecule has 0 saturated carbocycles. The number of piperazine rings is 1. The molecule has 0 aliphatic carbocycles. The highest BCUT2D eigenvalue weighted by Crippen LogP contribution is 2.23. The van der Waals surface area contributed by atoms with Crippen LogP contribution in [-0.4, -0.2) is 70.8 Å². The van der Waals surface area contributed by atoms with Crippen molar-refractivity contribution in [1.29, 1.82) is 0 Å². The first-order valence-corrected chi connectivity index (χ1v) is 10.4. The van der Waals surface area contributed by atoms with Gasteiger partial charge in [-0.1, -0.05) is 18.7 Å². The van der Waals surface area contributed by atoms with Gasteiger partial charge in [0.15, 0.2) is 11.4 Å². The Morgan fingerprint density at radius 3 is 2.35 bits per heavy atom. The number of rotatable bonds is 5. The van der Waals surface area contributed by atoms with Crippen molar-refractivity contribution in [2.24, 2.45) is 0 Å². The molecule has 10 nitrogen and oxygen atoms in total. The van der Waals surface area contributed by atoms with Gasteiger partial charge in [-0.2, -0.15) is 0 Å². The predicted molar refractivity (Wildman–Crippen MR) is 118 cm³/mol. The van der Waals surface area contributed by atoms with Crippen molar-refractivity contribution in [2.75, 3.05) is 37.7 Å². The molecule has 0 atom stereocenters. The number of nitrogens with zero attached hydrogens (tertiary/aromatic N) is 4. The topological polar surface area (TPSA) is 106 Å². The van der Waals surface area contributed by atoms with Crippen LogP contribution in [0.1, 0.15) is 55.6 Å². The van der Waals surface area contributed by atoms with Gasteiger partial charge in [0.25, 0.3) is 5.91 Å². The molecule has 1 aromatic rings. The van der Waals surface area contributed by atoms with E-state index in [2.05, 4.69) is 34.4 Å². The van der Waals surface area contributed by atoms with E-state index in [9.17, 15) is 14.4 Å². The van der Waals surface area contributed by atoms with Gasteiger partial charge in [-0.3, -0.25) is 14.1 Å². The number of aromatic nitrogens is 2. The first-order chi connectivity index (χ1) is 14.6. The highest BCUT2D eigenvalue weighted by molar-refractivity contribution is 7.78. The molecule has 1 N–H and O–H groups in total. The van der Waals surface area contributed by atoms with Gasteiger partial charge in [-0.15, -0.1) is 5.92 Å². The summed E-state index contributed by atoms with van der Waals surface area (Å²) < 4.78 is 14.3. The number of imidazole rings is 1. The molecule has 170 valence electrons. The van der Waals surface area contributed by atoms with E-state index in [0.717, 1.165) is 0 Å². The number of carbonyl (C=O) groups is 3. The van der Waals surface area contributed by atoms with Gasteiger partial charge in [-0.05, 0) is 34.6 Å². The molecule has 1 aromatic heterocycles. The second-order valence-corrected chi connectivity index (χ2v) is 7.96. The van der Waals surface area contributed by atoms with Gasteiger partial charge in [0.05, 0.1) is 13.2 Å². The van der Waals surface area contributed by atoms with Crippen molar-refractivity contribution >= 4 is 36.7 Å². The number of amides is 2. The fourth-order valence-corrected chi connectivity index (χ4v) is 3.13. The SMILES string of the molecule is CC#CCn1c(N2CCN(C(=O)OC(C)(C)C)CC2)nc(C(=O)NS)c1C(=O)OCC. The second-order valence-electron chi connectivity index (χ2n) is 7.74. The van der Waals surface area contributed by atoms with Crippen LogP contribution in [0.2, 0.25) is 0 Å². The van der Waals surface area contributed by atoms with Crippen molar-refractivity contribution in [1.82, 2.24) is 19.2 Å². The minimum absolute atomic E-state index is 0.0146. The molecule has 31 heavy (non-hydrogen) atoms. The van der Waals surface area contributed by atoms with E-state index in [0.29, 0.717) is 32.1 Å². The van der Waals surface area contributed by atoms with Crippen LogP contribution in [-0.2, 0) is 16.0 Å². The Balaban J connectivity index is 2.35. The number of ether oxygens (including phenoxy) is 2. The Morgan fingerprint density at radius 2 is 1.84 bits per heavy atom. The molecule has 2 amide bonds. The van der Waals surface area contributed by atoms with E-state index < -0.39 is 17.5 Å². The Kier molecular flexibility index (Phi) is 8.21. The Hall–Kier alpha value is -2.87. The van der Waals surface area contributed by atoms with Gasteiger partial charge in [0, 0.05) is 26.2 Å². The van der Waals surface area contributed by atoms with Crippen molar-refractivity contribution < 1.29 is 23.9 Å². The lowest BCUT2D eigenvalue weighted by molar-refractivity contribution is 0.0239. The summed E-state index contributed by atoms with van der Waals surface area (Å²) in [6.07, 6.45) is -0.380. The lowest BCUT2D eigenvalue weighted by Gasteiger charge is -2.36. The Bertz CT molecular complexity index is 888. The van der Waals surface area contributed by atoms with E-state index in [1.807, 2.05) is 25.7 Å². The first-order valence-electron chi connectivity index (χ1n) is 9.97. The van der Waals surface area contributed by atoms with Crippen LogP contribution in [0.5, 0.6) is 0 Å². The molecule has 0 unspecified atom stereocenters. The highest BCUT2D eigenvalue weighted by atomic mass is 32.1. The third-order valence-electron chi connectivity index (χ3n) is 4.36. The molecule has 0 radical (unpaired) electrons. The minimum Gasteiger partial charge on any atom is -0.461 e. The highest BCUT2D eigenvalue weighted by Gasteiger charge is 2.32. The summed E-state index contributed by atoms with van der Waals surface area (Å²) in [5.74, 6) is 4.81. The quantitative estimate of drug-likeness (QED) is 0.399. The lowest BCUT2D eigenvalue weighted by atomic mass is 10.2. The molecular weight excluding hydrogens is 422 g/mol. The summed E-state index contributed by atoms with van der Waals surface area (Å²) in [4.78, 5) is 45.2. The number of nitrogens with one attached hydrogen (secondary N) is 1. The number of carbonyl (C=O) groups excluding carboxylic acids is 3. The molecule has 0 spiro atoms. The number of hydrogen-bond donors (Lipinski definition) is 2. The molecule has 1 saturated heterocycles. The molecular formula is C20H29N5O5S. The third kappa shape index (κ3) is 6.07. The first kappa shape index (κ1) is 24.4. The van der Waals surface area contributed by atoms with Gasteiger partial charge in [0.1, 0.15) is 5.60 Å². The van der Waals surface area contributed by atoms with Crippen molar-refractivity contribution in [3.8, 4) is 11.8 Å². The number of hydrogen-bond acceptors (Lipinski definition) is 8. The summed E-state index contributed by atoms with van der Waals surface area (Å²) in [5, 5.41) is 0. The summed E-state index contributed by atoms with van der Waals surface area (Å²) in [6.45, 7) is 10.8. The smallest absolute Gasteiger partial charge is 0.410 e. The number of anilines is 1. The van der Waals surface area contributed by atoms with Crippen LogP contribution >= 0.6 is 12.8 Å². The Labute approximate surface area is 187 Å². The zero-order chi connectivity index (χ0) is 23.2. The zero-order valence-electron chi connectivity index (χ0n) is 18.5. The van der Waals surface area contributed by atoms with E-state index >= 15 is 0 Å². The molecule has 2 rings (SSSR count). The largest absolute Gasteiger partial charge is 0.461 e. The van der Waals surface area contributed by atoms with Crippen LogP contribution in [0.3, 0.4) is 0 Å².